The fourth-order valence-corrected chi connectivity index (χ4v) is 0. The summed E-state index contributed by atoms with van der Waals surface area (Å²) in [5.74, 6) is -2.75. The second-order valence-electron chi connectivity index (χ2n) is 0.357. The van der Waals surface area contributed by atoms with Crippen LogP contribution in [0.5, 0.6) is 0 Å². The van der Waals surface area contributed by atoms with Gasteiger partial charge in [-0.25, -0.2) is 0 Å². The molecule has 0 amide bonds. The van der Waals surface area contributed by atoms with Crippen LogP contribution in [0.15, 0.2) is 0 Å². The molecule has 0 aromatic carbocycles. The Labute approximate surface area is 31.5 Å². The van der Waals surface area contributed by atoms with Gasteiger partial charge in [0.05, 0.1) is 0 Å². The number of alkyl halides is 2. The fourth-order valence-electron chi connectivity index (χ4n) is 0. The van der Waals surface area contributed by atoms with Gasteiger partial charge in [-0.1, -0.05) is 0 Å². The minimum atomic E-state index is -2.75. The molecule has 5 heavy (non-hydrogen) atoms. The van der Waals surface area contributed by atoms with Crippen molar-refractivity contribution >= 4 is 11.7 Å². The summed E-state index contributed by atoms with van der Waals surface area (Å²) < 4.78 is 29.6. The van der Waals surface area contributed by atoms with Crippen LogP contribution in [-0.4, -0.2) is 5.76 Å². The second-order valence-corrected chi connectivity index (χ2v) is 0.906. The highest BCUT2D eigenvalue weighted by molar-refractivity contribution is 7.65. The molecule has 0 bridgehead atoms. The van der Waals surface area contributed by atoms with E-state index in [0.717, 1.165) is 0 Å². The van der Waals surface area contributed by atoms with Crippen LogP contribution in [0.1, 0.15) is 0 Å². The molecule has 0 unspecified atom stereocenters. The van der Waals surface area contributed by atoms with E-state index in [1.807, 2.05) is 0 Å². The van der Waals surface area contributed by atoms with Gasteiger partial charge in [0.25, 0.3) is 0 Å². The van der Waals surface area contributed by atoms with Gasteiger partial charge in [0.1, 0.15) is 0 Å². The number of hydrogen-bond acceptors (Lipinski definition) is 1. The van der Waals surface area contributed by atoms with E-state index in [0.29, 0.717) is 0 Å². The van der Waals surface area contributed by atoms with Gasteiger partial charge in [0, 0.05) is 4.21 Å². The first-order valence-corrected chi connectivity index (χ1v) is 1.64. The van der Waals surface area contributed by atoms with Gasteiger partial charge in [-0.2, -0.15) is 0 Å². The Balaban J connectivity index is 2.83. The van der Waals surface area contributed by atoms with E-state index >= 15 is 0 Å². The average Bonchev–Trinajstić information content (AvgIpc) is 1.38. The van der Waals surface area contributed by atoms with E-state index in [9.17, 15) is 8.78 Å². The molecule has 0 aliphatic heterocycles. The number of halogens is 2. The van der Waals surface area contributed by atoms with E-state index in [-0.39, 0.29) is 0 Å². The zero-order valence-electron chi connectivity index (χ0n) is 2.15. The zero-order chi connectivity index (χ0) is 4.28. The highest BCUT2D eigenvalue weighted by Crippen LogP contribution is 1.84. The summed E-state index contributed by atoms with van der Waals surface area (Å²) in [5.41, 5.74) is 0. The first-order valence-electron chi connectivity index (χ1n) is 0.839. The molecule has 0 rings (SSSR count). The van der Waals surface area contributed by atoms with Crippen molar-refractivity contribution < 1.29 is 13.0 Å². The molecule has 0 saturated carbocycles. The predicted molar refractivity (Wildman–Crippen MR) is 14.1 cm³/mol. The molecule has 0 aromatic heterocycles. The van der Waals surface area contributed by atoms with Crippen LogP contribution in [0.4, 0.5) is 8.78 Å². The number of rotatable bonds is 1. The monoisotopic (exact) mass is 99.0 g/mol. The first kappa shape index (κ1) is 4.88. The summed E-state index contributed by atoms with van der Waals surface area (Å²) in [7, 11) is 0. The molecule has 0 radical (unpaired) electrons. The Bertz CT molecular complexity index is 36.6. The summed E-state index contributed by atoms with van der Waals surface area (Å²) in [4.78, 5) is 0. The molecule has 4 heteroatoms. The van der Waals surface area contributed by atoms with Crippen molar-refractivity contribution in [2.24, 2.45) is 0 Å². The standard InChI is InChI=1S/CHF2OS/c2-1(3)5-4/h1H/q+1. The lowest BCUT2D eigenvalue weighted by atomic mass is 11.7. The minimum Gasteiger partial charge on any atom is -0.144 e. The maximum Gasteiger partial charge on any atom is 0.538 e. The molecule has 0 spiro atoms. The van der Waals surface area contributed by atoms with Crippen molar-refractivity contribution in [2.45, 2.75) is 5.76 Å². The van der Waals surface area contributed by atoms with E-state index < -0.39 is 17.4 Å². The van der Waals surface area contributed by atoms with E-state index in [1.165, 1.54) is 0 Å². The summed E-state index contributed by atoms with van der Waals surface area (Å²) >= 11 is -0.704. The van der Waals surface area contributed by atoms with E-state index in [4.69, 9.17) is 4.21 Å². The van der Waals surface area contributed by atoms with Gasteiger partial charge in [-0.05, 0) is 0 Å². The maximum absolute atomic E-state index is 10.4. The Hall–Kier alpha value is -0.120. The fraction of sp³-hybridized carbons (Fsp3) is 1.00. The summed E-state index contributed by atoms with van der Waals surface area (Å²) in [5, 5.41) is 0. The quantitative estimate of drug-likeness (QED) is 0.441. The molecule has 0 heterocycles. The predicted octanol–water partition coefficient (Wildman–Crippen LogP) is 0.637. The van der Waals surface area contributed by atoms with Gasteiger partial charge in [0.15, 0.2) is 0 Å². The van der Waals surface area contributed by atoms with Gasteiger partial charge >= 0.3 is 17.4 Å². The van der Waals surface area contributed by atoms with Crippen LogP contribution in [0.2, 0.25) is 0 Å². The molecular formula is CHF2OS+. The highest BCUT2D eigenvalue weighted by Gasteiger charge is 2.14. The topological polar surface area (TPSA) is 17.1 Å². The maximum atomic E-state index is 10.4. The number of hydrogen-bond donors (Lipinski definition) is 0. The first-order chi connectivity index (χ1) is 2.27. The van der Waals surface area contributed by atoms with Gasteiger partial charge < -0.3 is 0 Å². The molecule has 0 aliphatic rings. The molecule has 1 nitrogen and oxygen atoms in total. The van der Waals surface area contributed by atoms with Crippen molar-refractivity contribution in [3.63, 3.8) is 0 Å². The third-order valence-corrected chi connectivity index (χ3v) is 0.218. The molecule has 0 fully saturated rings. The Kier molecular flexibility index (Phi) is 2.09. The highest BCUT2D eigenvalue weighted by atomic mass is 32.1. The molecule has 0 aromatic rings. The lowest BCUT2D eigenvalue weighted by molar-refractivity contribution is 0.246. The third-order valence-electron chi connectivity index (χ3n) is 0.0727. The van der Waals surface area contributed by atoms with E-state index in [1.54, 1.807) is 0 Å². The smallest absolute Gasteiger partial charge is 0.144 e. The summed E-state index contributed by atoms with van der Waals surface area (Å²) in [6, 6.07) is 0. The van der Waals surface area contributed by atoms with Crippen molar-refractivity contribution in [3.8, 4) is 0 Å². The SMILES string of the molecule is O=[S+]C(F)F. The molecule has 30 valence electrons. The lowest BCUT2D eigenvalue weighted by Crippen LogP contribution is -1.78. The lowest BCUT2D eigenvalue weighted by Gasteiger charge is -1.51. The Morgan fingerprint density at radius 2 is 1.80 bits per heavy atom. The van der Waals surface area contributed by atoms with Crippen LogP contribution in [0.3, 0.4) is 0 Å². The van der Waals surface area contributed by atoms with Crippen molar-refractivity contribution in [1.82, 2.24) is 0 Å². The summed E-state index contributed by atoms with van der Waals surface area (Å²) in [6.45, 7) is 0. The largest absolute Gasteiger partial charge is 0.538 e. The van der Waals surface area contributed by atoms with Gasteiger partial charge in [-0.3, -0.25) is 0 Å². The Morgan fingerprint density at radius 1 is 1.60 bits per heavy atom. The van der Waals surface area contributed by atoms with Crippen LogP contribution in [0.25, 0.3) is 0 Å². The van der Waals surface area contributed by atoms with Crippen LogP contribution in [0, 0.1) is 0 Å². The van der Waals surface area contributed by atoms with Crippen molar-refractivity contribution in [3.05, 3.63) is 0 Å². The second kappa shape index (κ2) is 2.14. The average molecular weight is 99.1 g/mol. The van der Waals surface area contributed by atoms with E-state index in [2.05, 4.69) is 0 Å². The summed E-state index contributed by atoms with van der Waals surface area (Å²) in [6.07, 6.45) is 0. The molecule has 0 aliphatic carbocycles. The van der Waals surface area contributed by atoms with Crippen LogP contribution >= 0.6 is 0 Å². The van der Waals surface area contributed by atoms with Crippen LogP contribution in [-0.2, 0) is 15.9 Å². The van der Waals surface area contributed by atoms with Gasteiger partial charge in [-0.15, -0.1) is 8.78 Å². The van der Waals surface area contributed by atoms with Crippen molar-refractivity contribution in [2.75, 3.05) is 0 Å². The molecule has 0 N–H and O–H groups in total. The molecular weight excluding hydrogens is 98.1 g/mol. The normalized spacial score (nSPS) is 8.60. The van der Waals surface area contributed by atoms with Gasteiger partial charge in [0.2, 0.25) is 0 Å². The van der Waals surface area contributed by atoms with Crippen LogP contribution < -0.4 is 0 Å². The minimum absolute atomic E-state index is 0.704. The Morgan fingerprint density at radius 3 is 1.80 bits per heavy atom. The third kappa shape index (κ3) is 3.88. The molecule has 0 atom stereocenters. The zero-order valence-corrected chi connectivity index (χ0v) is 2.97. The molecule has 0 saturated heterocycles. The van der Waals surface area contributed by atoms with Crippen molar-refractivity contribution in [1.29, 1.82) is 0 Å².